The van der Waals surface area contributed by atoms with Gasteiger partial charge in [-0.15, -0.1) is 0 Å². The van der Waals surface area contributed by atoms with Crippen molar-refractivity contribution in [2.75, 3.05) is 10.6 Å². The predicted octanol–water partition coefficient (Wildman–Crippen LogP) is 6.83. The number of nitrogens with one attached hydrogen (secondary N) is 8. The van der Waals surface area contributed by atoms with Crippen LogP contribution in [0.25, 0.3) is 22.0 Å². The molecular formula is C44H40ClN9O4. The molecule has 4 aliphatic rings. The highest BCUT2D eigenvalue weighted by atomic mass is 35.5. The fourth-order valence-electron chi connectivity index (χ4n) is 8.81. The van der Waals surface area contributed by atoms with E-state index in [1.165, 1.54) is 0 Å². The van der Waals surface area contributed by atoms with Gasteiger partial charge in [0.05, 0.1) is 16.6 Å². The Morgan fingerprint density at radius 3 is 1.84 bits per heavy atom. The Hall–Kier alpha value is -6.86. The zero-order valence-corrected chi connectivity index (χ0v) is 32.4. The van der Waals surface area contributed by atoms with Gasteiger partial charge >= 0.3 is 24.1 Å². The van der Waals surface area contributed by atoms with Crippen molar-refractivity contribution in [2.24, 2.45) is 0 Å². The monoisotopic (exact) mass is 793 g/mol. The minimum Gasteiger partial charge on any atom is -0.334 e. The van der Waals surface area contributed by atoms with E-state index in [1.807, 2.05) is 79.7 Å². The predicted molar refractivity (Wildman–Crippen MR) is 223 cm³/mol. The summed E-state index contributed by atoms with van der Waals surface area (Å²) in [5.74, 6) is 0. The lowest BCUT2D eigenvalue weighted by molar-refractivity contribution is 0.243. The van der Waals surface area contributed by atoms with E-state index >= 15 is 0 Å². The molecule has 2 spiro atoms. The smallest absolute Gasteiger partial charge is 0.319 e. The first-order chi connectivity index (χ1) is 27.9. The minimum atomic E-state index is -0.545. The summed E-state index contributed by atoms with van der Waals surface area (Å²) >= 11 is 6.72. The Morgan fingerprint density at radius 1 is 0.724 bits per heavy atom. The molecule has 0 saturated carbocycles. The van der Waals surface area contributed by atoms with Gasteiger partial charge in [-0.2, -0.15) is 0 Å². The molecule has 58 heavy (non-hydrogen) atoms. The van der Waals surface area contributed by atoms with Gasteiger partial charge in [0.25, 0.3) is 0 Å². The topological polar surface area (TPSA) is 177 Å². The van der Waals surface area contributed by atoms with Gasteiger partial charge in [0.2, 0.25) is 0 Å². The van der Waals surface area contributed by atoms with Crippen LogP contribution in [0.4, 0.5) is 30.6 Å². The summed E-state index contributed by atoms with van der Waals surface area (Å²) in [5, 5.41) is 24.8. The fraction of sp³-hybridized carbons (Fsp3) is 0.205. The fourth-order valence-corrected chi connectivity index (χ4v) is 9.08. The van der Waals surface area contributed by atoms with Crippen molar-refractivity contribution in [1.82, 2.24) is 36.9 Å². The lowest BCUT2D eigenvalue weighted by Crippen LogP contribution is -2.42. The molecule has 14 heteroatoms. The largest absolute Gasteiger partial charge is 0.334 e. The van der Waals surface area contributed by atoms with Crippen molar-refractivity contribution in [1.29, 1.82) is 0 Å². The number of carbonyl (C=O) groups is 4. The summed E-state index contributed by atoms with van der Waals surface area (Å²) in [6, 6.07) is 21.9. The number of anilines is 2. The summed E-state index contributed by atoms with van der Waals surface area (Å²) in [5.41, 5.74) is 11.0. The lowest BCUT2D eigenvalue weighted by atomic mass is 9.92. The molecule has 2 atom stereocenters. The van der Waals surface area contributed by atoms with E-state index in [4.69, 9.17) is 16.6 Å². The van der Waals surface area contributed by atoms with E-state index in [-0.39, 0.29) is 37.2 Å². The normalized spacial score (nSPS) is 20.0. The lowest BCUT2D eigenvalue weighted by Gasteiger charge is -2.22. The third-order valence-electron chi connectivity index (χ3n) is 11.8. The summed E-state index contributed by atoms with van der Waals surface area (Å²) < 4.78 is 0. The maximum Gasteiger partial charge on any atom is 0.319 e. The molecule has 8 N–H and O–H groups in total. The van der Waals surface area contributed by atoms with Crippen LogP contribution in [0.3, 0.4) is 0 Å². The Labute approximate surface area is 339 Å². The first-order valence-electron chi connectivity index (χ1n) is 18.9. The van der Waals surface area contributed by atoms with Crippen molar-refractivity contribution in [3.63, 3.8) is 0 Å². The number of hydrogen-bond donors (Lipinski definition) is 8. The van der Waals surface area contributed by atoms with Crippen LogP contribution in [0.2, 0.25) is 5.02 Å². The summed E-state index contributed by atoms with van der Waals surface area (Å²) in [6.07, 6.45) is 4.20. The molecule has 5 aromatic rings. The summed E-state index contributed by atoms with van der Waals surface area (Å²) in [4.78, 5) is 54.9. The molecule has 9 rings (SSSR count). The van der Waals surface area contributed by atoms with Crippen LogP contribution in [0, 0.1) is 6.92 Å². The highest BCUT2D eigenvalue weighted by molar-refractivity contribution is 6.31. The van der Waals surface area contributed by atoms with Crippen LogP contribution < -0.4 is 42.5 Å². The van der Waals surface area contributed by atoms with Crippen molar-refractivity contribution < 1.29 is 19.2 Å². The van der Waals surface area contributed by atoms with E-state index in [9.17, 15) is 19.2 Å². The second kappa shape index (κ2) is 14.0. The van der Waals surface area contributed by atoms with Gasteiger partial charge in [-0.25, -0.2) is 19.2 Å². The Bertz CT molecular complexity index is 2660. The number of pyridine rings is 1. The van der Waals surface area contributed by atoms with Gasteiger partial charge in [-0.3, -0.25) is 4.98 Å². The van der Waals surface area contributed by atoms with Crippen molar-refractivity contribution in [2.45, 2.75) is 56.8 Å². The number of carbonyl (C=O) groups excluding carboxylic acids is 4. The van der Waals surface area contributed by atoms with Crippen molar-refractivity contribution in [3.8, 4) is 11.1 Å². The van der Waals surface area contributed by atoms with Gasteiger partial charge in [0, 0.05) is 78.1 Å². The maximum atomic E-state index is 13.1. The Morgan fingerprint density at radius 2 is 1.28 bits per heavy atom. The van der Waals surface area contributed by atoms with E-state index in [1.54, 1.807) is 6.20 Å². The molecule has 2 unspecified atom stereocenters. The molecule has 4 aromatic carbocycles. The standard InChI is InChI=1S/C44H40ClN9O4/c1-23-33(12-13-37(45)36(23)22-48-40(56)52-32-10-7-27-18-44(20-30(27)16-32)25(3)50-42(58)54-44)34-11-8-28(38-35(34)5-4-14-46-38)21-47-39(55)51-31-9-6-26-17-43(19-29(26)15-31)24(2)49-41(57)53-43/h4-16H,2-3,17-22H2,1H3,(H2,47,51,55)(H2,48,52,56)(H2,49,53,57)(H2,50,54,58). The highest BCUT2D eigenvalue weighted by Crippen LogP contribution is 2.39. The molecule has 2 aliphatic carbocycles. The molecule has 2 fully saturated rings. The first-order valence-corrected chi connectivity index (χ1v) is 19.3. The summed E-state index contributed by atoms with van der Waals surface area (Å²) in [7, 11) is 0. The number of hydrogen-bond acceptors (Lipinski definition) is 5. The van der Waals surface area contributed by atoms with Crippen LogP contribution in [-0.4, -0.2) is 40.2 Å². The van der Waals surface area contributed by atoms with E-state index in [0.717, 1.165) is 61.0 Å². The molecule has 8 amide bonds. The number of aromatic nitrogens is 1. The van der Waals surface area contributed by atoms with Gasteiger partial charge in [0.15, 0.2) is 0 Å². The SMILES string of the molecule is C=C1NC(=O)NC12Cc1ccc(NC(=O)NCc3c(Cl)ccc(-c4ccc(CNC(=O)Nc5ccc6c(c5)CC5(C6)NC(=O)NC5=C)c5ncccc45)c3C)cc1C2. The number of rotatable bonds is 7. The number of nitrogens with zero attached hydrogens (tertiary/aromatic N) is 1. The van der Waals surface area contributed by atoms with Gasteiger partial charge < -0.3 is 42.5 Å². The molecule has 1 aromatic heterocycles. The Balaban J connectivity index is 0.856. The van der Waals surface area contributed by atoms with Crippen LogP contribution in [0.1, 0.15) is 38.9 Å². The van der Waals surface area contributed by atoms with Crippen LogP contribution in [-0.2, 0) is 38.8 Å². The molecule has 13 nitrogen and oxygen atoms in total. The summed E-state index contributed by atoms with van der Waals surface area (Å²) in [6.45, 7) is 10.5. The zero-order chi connectivity index (χ0) is 40.3. The average Bonchev–Trinajstić information content (AvgIpc) is 3.90. The average molecular weight is 794 g/mol. The number of benzene rings is 4. The number of halogens is 1. The zero-order valence-electron chi connectivity index (χ0n) is 31.6. The Kier molecular flexibility index (Phi) is 8.85. The van der Waals surface area contributed by atoms with E-state index in [0.29, 0.717) is 53.5 Å². The van der Waals surface area contributed by atoms with Crippen LogP contribution in [0.5, 0.6) is 0 Å². The number of amides is 8. The van der Waals surface area contributed by atoms with Crippen LogP contribution in [0.15, 0.2) is 104 Å². The second-order valence-electron chi connectivity index (χ2n) is 15.4. The second-order valence-corrected chi connectivity index (χ2v) is 15.8. The molecule has 0 radical (unpaired) electrons. The first kappa shape index (κ1) is 36.8. The van der Waals surface area contributed by atoms with Crippen LogP contribution >= 0.6 is 11.6 Å². The maximum absolute atomic E-state index is 13.1. The van der Waals surface area contributed by atoms with Gasteiger partial charge in [0.1, 0.15) is 0 Å². The van der Waals surface area contributed by atoms with E-state index in [2.05, 4.69) is 55.7 Å². The molecule has 0 bridgehead atoms. The quantitative estimate of drug-likeness (QED) is 0.0899. The molecule has 2 aliphatic heterocycles. The van der Waals surface area contributed by atoms with E-state index < -0.39 is 11.1 Å². The third-order valence-corrected chi connectivity index (χ3v) is 12.2. The molecule has 2 saturated heterocycles. The molecule has 292 valence electrons. The number of urea groups is 4. The van der Waals surface area contributed by atoms with Gasteiger partial charge in [-0.05, 0) is 93.4 Å². The highest BCUT2D eigenvalue weighted by Gasteiger charge is 2.47. The van der Waals surface area contributed by atoms with Crippen molar-refractivity contribution >= 4 is 58.0 Å². The molecule has 3 heterocycles. The van der Waals surface area contributed by atoms with Crippen molar-refractivity contribution in [3.05, 3.63) is 148 Å². The number of fused-ring (bicyclic) bond motifs is 3. The molecular weight excluding hydrogens is 754 g/mol. The minimum absolute atomic E-state index is 0.192. The third kappa shape index (κ3) is 6.52. The van der Waals surface area contributed by atoms with Gasteiger partial charge in [-0.1, -0.05) is 61.2 Å².